The van der Waals surface area contributed by atoms with Crippen molar-refractivity contribution in [2.75, 3.05) is 0 Å². The SMILES string of the molecule is O.O.O.O.O.O.O.O.O.O.OB(O)O.OB(O)O.OB(O)O.OB(O)O.[H-].[H-].[K+].[K+]. The fraction of sp³-hybridized carbons (Fsp3) is 0. The van der Waals surface area contributed by atoms with Crippen LogP contribution in [0.15, 0.2) is 0 Å². The summed E-state index contributed by atoms with van der Waals surface area (Å²) in [6.45, 7) is 0. The molecule has 0 aromatic heterocycles. The molecule has 0 unspecified atom stereocenters. The summed E-state index contributed by atoms with van der Waals surface area (Å²) in [6, 6.07) is 0. The van der Waals surface area contributed by atoms with E-state index in [9.17, 15) is 0 Å². The average Bonchev–Trinajstić information content (AvgIpc) is 1.76. The van der Waals surface area contributed by atoms with Gasteiger partial charge in [0.25, 0.3) is 0 Å². The van der Waals surface area contributed by atoms with E-state index in [1.54, 1.807) is 0 Å². The molecular formula is H34B4K2O22. The van der Waals surface area contributed by atoms with Crippen molar-refractivity contribution in [1.29, 1.82) is 0 Å². The molecule has 0 aliphatic carbocycles. The number of hydrogen-bond donors (Lipinski definition) is 12. The van der Waals surface area contributed by atoms with Gasteiger partial charge in [0.05, 0.1) is 0 Å². The minimum Gasteiger partial charge on any atom is -1.00 e. The molecule has 180 valence electrons. The van der Waals surface area contributed by atoms with E-state index >= 15 is 0 Å². The van der Waals surface area contributed by atoms with E-state index in [0.29, 0.717) is 0 Å². The molecule has 0 heterocycles. The summed E-state index contributed by atoms with van der Waals surface area (Å²) < 4.78 is 0. The largest absolute Gasteiger partial charge is 1.00 e. The van der Waals surface area contributed by atoms with E-state index in [-0.39, 0.29) is 160 Å². The number of hydrogen-bond acceptors (Lipinski definition) is 12. The maximum Gasteiger partial charge on any atom is 1.00 e. The monoisotopic (exact) mass is 508 g/mol. The van der Waals surface area contributed by atoms with Crippen LogP contribution in [-0.4, -0.2) is 144 Å². The molecule has 0 aromatic rings. The molecule has 0 aliphatic heterocycles. The fourth-order valence-electron chi connectivity index (χ4n) is 0. The van der Waals surface area contributed by atoms with Crippen LogP contribution in [0.2, 0.25) is 0 Å². The van der Waals surface area contributed by atoms with Gasteiger partial charge in [0.15, 0.2) is 0 Å². The van der Waals surface area contributed by atoms with Crippen molar-refractivity contribution in [1.82, 2.24) is 0 Å². The Balaban J connectivity index is -0.00000000346. The van der Waals surface area contributed by atoms with Crippen molar-refractivity contribution in [2.45, 2.75) is 0 Å². The van der Waals surface area contributed by atoms with Crippen molar-refractivity contribution in [2.24, 2.45) is 0 Å². The third-order valence-corrected chi connectivity index (χ3v) is 0. The molecule has 0 amide bonds. The van der Waals surface area contributed by atoms with Gasteiger partial charge in [0.1, 0.15) is 0 Å². The molecule has 0 rings (SSSR count). The first-order valence-corrected chi connectivity index (χ1v) is 3.10. The molecule has 0 spiro atoms. The van der Waals surface area contributed by atoms with Crippen LogP contribution in [0.4, 0.5) is 0 Å². The Labute approximate surface area is 246 Å². The first-order chi connectivity index (χ1) is 6.93. The molecule has 0 aliphatic rings. The summed E-state index contributed by atoms with van der Waals surface area (Å²) >= 11 is 0. The predicted octanol–water partition coefficient (Wildman–Crippen LogP) is -22.2. The van der Waals surface area contributed by atoms with Gasteiger partial charge in [0, 0.05) is 0 Å². The second-order valence-electron chi connectivity index (χ2n) is 1.39. The van der Waals surface area contributed by atoms with E-state index in [1.165, 1.54) is 0 Å². The predicted molar refractivity (Wildman–Crippen MR) is 88.0 cm³/mol. The summed E-state index contributed by atoms with van der Waals surface area (Å²) in [5, 5.41) is 86.0. The normalized spacial score (nSPS) is 3.86. The van der Waals surface area contributed by atoms with Gasteiger partial charge in [0.2, 0.25) is 0 Å². The second kappa shape index (κ2) is 113. The van der Waals surface area contributed by atoms with Crippen molar-refractivity contribution in [3.05, 3.63) is 0 Å². The fourth-order valence-corrected chi connectivity index (χ4v) is 0. The zero-order valence-electron chi connectivity index (χ0n) is 16.7. The smallest absolute Gasteiger partial charge is 1.00 e. The van der Waals surface area contributed by atoms with E-state index < -0.39 is 29.3 Å². The molecule has 0 radical (unpaired) electrons. The number of rotatable bonds is 0. The first kappa shape index (κ1) is 126. The third kappa shape index (κ3) is 3110. The van der Waals surface area contributed by atoms with Gasteiger partial charge >= 0.3 is 132 Å². The molecule has 0 saturated heterocycles. The van der Waals surface area contributed by atoms with Crippen molar-refractivity contribution >= 4 is 29.3 Å². The van der Waals surface area contributed by atoms with Crippen LogP contribution >= 0.6 is 0 Å². The second-order valence-corrected chi connectivity index (χ2v) is 1.39. The summed E-state index contributed by atoms with van der Waals surface area (Å²) in [5.74, 6) is 0. The Morgan fingerprint density at radius 2 is 0.250 bits per heavy atom. The molecule has 32 N–H and O–H groups in total. The average molecular weight is 508 g/mol. The molecule has 0 atom stereocenters. The van der Waals surface area contributed by atoms with Crippen molar-refractivity contribution in [3.63, 3.8) is 0 Å². The third-order valence-electron chi connectivity index (χ3n) is 0. The molecule has 0 saturated carbocycles. The molecule has 22 nitrogen and oxygen atoms in total. The molecular weight excluding hydrogens is 473 g/mol. The minimum absolute atomic E-state index is 0. The molecule has 0 bridgehead atoms. The maximum absolute atomic E-state index is 7.17. The Kier molecular flexibility index (Phi) is 508. The van der Waals surface area contributed by atoms with Crippen LogP contribution in [0, 0.1) is 0 Å². The molecule has 28 heavy (non-hydrogen) atoms. The minimum atomic E-state index is -2.17. The van der Waals surface area contributed by atoms with Gasteiger partial charge in [-0.25, -0.2) is 0 Å². The quantitative estimate of drug-likeness (QED) is 0.136. The zero-order chi connectivity index (χ0) is 14.3. The Bertz CT molecular complexity index is 80.1. The summed E-state index contributed by atoms with van der Waals surface area (Å²) in [6.07, 6.45) is 0. The maximum atomic E-state index is 7.17. The van der Waals surface area contributed by atoms with Crippen LogP contribution in [0.1, 0.15) is 2.85 Å². The Morgan fingerprint density at radius 1 is 0.250 bits per heavy atom. The van der Waals surface area contributed by atoms with Crippen molar-refractivity contribution in [3.8, 4) is 0 Å². The Hall–Kier alpha value is 2.65. The topological polar surface area (TPSA) is 558 Å². The van der Waals surface area contributed by atoms with Crippen LogP contribution in [0.25, 0.3) is 0 Å². The van der Waals surface area contributed by atoms with Gasteiger partial charge in [-0.05, 0) is 0 Å². The molecule has 0 fully saturated rings. The molecule has 0 aromatic carbocycles. The van der Waals surface area contributed by atoms with Gasteiger partial charge in [-0.3, -0.25) is 0 Å². The van der Waals surface area contributed by atoms with Crippen LogP contribution in [0.3, 0.4) is 0 Å². The summed E-state index contributed by atoms with van der Waals surface area (Å²) in [4.78, 5) is 0. The van der Waals surface area contributed by atoms with Crippen molar-refractivity contribution < 1.29 is 221 Å². The Morgan fingerprint density at radius 3 is 0.250 bits per heavy atom. The van der Waals surface area contributed by atoms with E-state index in [2.05, 4.69) is 0 Å². The van der Waals surface area contributed by atoms with Gasteiger partial charge in [-0.15, -0.1) is 0 Å². The van der Waals surface area contributed by atoms with E-state index in [4.69, 9.17) is 60.3 Å². The first-order valence-electron chi connectivity index (χ1n) is 3.10. The van der Waals surface area contributed by atoms with E-state index in [0.717, 1.165) is 0 Å². The zero-order valence-corrected chi connectivity index (χ0v) is 20.9. The summed E-state index contributed by atoms with van der Waals surface area (Å²) in [7, 11) is -8.67. The van der Waals surface area contributed by atoms with Gasteiger partial charge < -0.3 is 118 Å². The van der Waals surface area contributed by atoms with Gasteiger partial charge in [-0.1, -0.05) is 0 Å². The van der Waals surface area contributed by atoms with Crippen LogP contribution in [0.5, 0.6) is 0 Å². The van der Waals surface area contributed by atoms with E-state index in [1.807, 2.05) is 0 Å². The van der Waals surface area contributed by atoms with Crippen LogP contribution in [-0.2, 0) is 0 Å². The van der Waals surface area contributed by atoms with Crippen LogP contribution < -0.4 is 103 Å². The summed E-state index contributed by atoms with van der Waals surface area (Å²) in [5.41, 5.74) is 0. The molecule has 28 heteroatoms. The standard InChI is InChI=1S/4BH3O3.2K.10H2O.2H/c4*2-1(3)4;;;;;;;;;;;;;;/h4*2-4H;;;10*1H2;;/q;;;;2*+1;;;;;;;;;;;2*-1. The van der Waals surface area contributed by atoms with Gasteiger partial charge in [-0.2, -0.15) is 0 Å².